The maximum Gasteiger partial charge on any atom is 0.397 e. The molecule has 0 aromatic carbocycles. The van der Waals surface area contributed by atoms with Gasteiger partial charge in [-0.2, -0.15) is 8.42 Å². The van der Waals surface area contributed by atoms with Crippen LogP contribution in [0.2, 0.25) is 0 Å². The minimum Gasteiger partial charge on any atom is -0.457 e. The highest BCUT2D eigenvalue weighted by Crippen LogP contribution is 2.26. The van der Waals surface area contributed by atoms with Crippen LogP contribution in [0.15, 0.2) is 48.6 Å². The standard InChI is InChI=1S/C47H84O12S/c1-3-5-7-9-11-13-15-17-19-21-23-25-27-29-31-33-35-37-55-39-41(40-56-47-45(51)46(59-60(52,53)54)44(50)42(38-48)58-47)57-43(49)36-34-32-30-28-26-24-22-20-18-16-14-12-10-8-6-4-2/h13-16,19-22,41-42,44-48,50-51H,3-12,17-18,23-40H2,1-2H3,(H,52,53,54)/b15-13-,16-14-,21-19-,22-20-. The number of hydrogen-bond donors (Lipinski definition) is 4. The lowest BCUT2D eigenvalue weighted by Gasteiger charge is -2.41. The van der Waals surface area contributed by atoms with Crippen molar-refractivity contribution < 1.29 is 56.2 Å². The van der Waals surface area contributed by atoms with Crippen LogP contribution in [0.5, 0.6) is 0 Å². The van der Waals surface area contributed by atoms with Crippen molar-refractivity contribution in [1.29, 1.82) is 0 Å². The molecule has 4 N–H and O–H groups in total. The monoisotopic (exact) mass is 873 g/mol. The lowest BCUT2D eigenvalue weighted by molar-refractivity contribution is -0.301. The van der Waals surface area contributed by atoms with Gasteiger partial charge >= 0.3 is 16.4 Å². The summed E-state index contributed by atoms with van der Waals surface area (Å²) in [5.41, 5.74) is 0. The Labute approximate surface area is 364 Å². The van der Waals surface area contributed by atoms with Gasteiger partial charge in [0.25, 0.3) is 0 Å². The molecule has 1 fully saturated rings. The quantitative estimate of drug-likeness (QED) is 0.0199. The van der Waals surface area contributed by atoms with Gasteiger partial charge in [-0.05, 0) is 77.0 Å². The highest BCUT2D eigenvalue weighted by Gasteiger charge is 2.48. The van der Waals surface area contributed by atoms with E-state index >= 15 is 0 Å². The van der Waals surface area contributed by atoms with Crippen LogP contribution in [0.4, 0.5) is 0 Å². The Morgan fingerprint density at radius 3 is 1.58 bits per heavy atom. The smallest absolute Gasteiger partial charge is 0.397 e. The highest BCUT2D eigenvalue weighted by atomic mass is 32.3. The molecule has 13 heteroatoms. The average molecular weight is 873 g/mol. The van der Waals surface area contributed by atoms with Gasteiger partial charge in [0.2, 0.25) is 0 Å². The summed E-state index contributed by atoms with van der Waals surface area (Å²) in [4.78, 5) is 12.9. The van der Waals surface area contributed by atoms with Gasteiger partial charge in [-0.1, -0.05) is 146 Å². The molecular formula is C47H84O12S. The van der Waals surface area contributed by atoms with E-state index in [2.05, 4.69) is 66.6 Å². The molecule has 6 unspecified atom stereocenters. The first-order valence-electron chi connectivity index (χ1n) is 23.4. The number of allylic oxidation sites excluding steroid dienone is 8. The van der Waals surface area contributed by atoms with Gasteiger partial charge in [-0.15, -0.1) is 0 Å². The van der Waals surface area contributed by atoms with Gasteiger partial charge in [0.15, 0.2) is 6.29 Å². The van der Waals surface area contributed by atoms with Crippen LogP contribution in [0.3, 0.4) is 0 Å². The van der Waals surface area contributed by atoms with Gasteiger partial charge in [-0.3, -0.25) is 9.35 Å². The van der Waals surface area contributed by atoms with Crippen LogP contribution in [-0.4, -0.2) is 97.5 Å². The van der Waals surface area contributed by atoms with Crippen molar-refractivity contribution in [2.24, 2.45) is 0 Å². The summed E-state index contributed by atoms with van der Waals surface area (Å²) in [7, 11) is -5.07. The molecule has 1 aliphatic rings. The molecular weight excluding hydrogens is 789 g/mol. The third kappa shape index (κ3) is 31.8. The molecule has 1 heterocycles. The van der Waals surface area contributed by atoms with Crippen molar-refractivity contribution in [3.05, 3.63) is 48.6 Å². The number of ether oxygens (including phenoxy) is 4. The number of aliphatic hydroxyl groups excluding tert-OH is 3. The Hall–Kier alpha value is -1.94. The summed E-state index contributed by atoms with van der Waals surface area (Å²) in [6, 6.07) is 0. The van der Waals surface area contributed by atoms with E-state index in [1.54, 1.807) is 0 Å². The van der Waals surface area contributed by atoms with E-state index in [0.29, 0.717) is 13.0 Å². The summed E-state index contributed by atoms with van der Waals surface area (Å²) < 4.78 is 59.1. The Kier molecular flexibility index (Phi) is 36.2. The first-order valence-corrected chi connectivity index (χ1v) is 24.8. The molecule has 12 nitrogen and oxygen atoms in total. The second-order valence-corrected chi connectivity index (χ2v) is 17.0. The third-order valence-corrected chi connectivity index (χ3v) is 10.9. The Balaban J connectivity index is 2.44. The number of unbranched alkanes of at least 4 members (excludes halogenated alkanes) is 19. The Bertz CT molecular complexity index is 1240. The predicted octanol–water partition coefficient (Wildman–Crippen LogP) is 9.97. The molecule has 350 valence electrons. The van der Waals surface area contributed by atoms with Crippen LogP contribution in [0.1, 0.15) is 181 Å². The van der Waals surface area contributed by atoms with Crippen LogP contribution >= 0.6 is 0 Å². The SMILES string of the molecule is CCCCCC/C=C\C/C=C\CCCCCCCCOCC(COC1OC(CO)C(O)C(OS(=O)(=O)O)C1O)OC(=O)CCCCCCC/C=C\C/C=C\CCCCCC. The zero-order valence-corrected chi connectivity index (χ0v) is 38.1. The summed E-state index contributed by atoms with van der Waals surface area (Å²) in [5, 5.41) is 30.7. The van der Waals surface area contributed by atoms with Crippen molar-refractivity contribution in [3.63, 3.8) is 0 Å². The topological polar surface area (TPSA) is 178 Å². The fourth-order valence-electron chi connectivity index (χ4n) is 6.85. The molecule has 0 aromatic rings. The van der Waals surface area contributed by atoms with E-state index in [1.807, 2.05) is 0 Å². The molecule has 0 spiro atoms. The maximum atomic E-state index is 12.9. The first kappa shape index (κ1) is 56.1. The maximum absolute atomic E-state index is 12.9. The summed E-state index contributed by atoms with van der Waals surface area (Å²) in [5.74, 6) is -0.418. The molecule has 60 heavy (non-hydrogen) atoms. The Morgan fingerprint density at radius 1 is 0.633 bits per heavy atom. The lowest BCUT2D eigenvalue weighted by Crippen LogP contribution is -2.60. The van der Waals surface area contributed by atoms with Gasteiger partial charge in [0, 0.05) is 13.0 Å². The van der Waals surface area contributed by atoms with Crippen molar-refractivity contribution in [3.8, 4) is 0 Å². The van der Waals surface area contributed by atoms with Gasteiger partial charge < -0.3 is 34.3 Å². The number of rotatable bonds is 40. The number of hydrogen-bond acceptors (Lipinski definition) is 11. The Morgan fingerprint density at radius 2 is 1.10 bits per heavy atom. The molecule has 1 saturated heterocycles. The largest absolute Gasteiger partial charge is 0.457 e. The van der Waals surface area contributed by atoms with Crippen molar-refractivity contribution in [2.75, 3.05) is 26.4 Å². The van der Waals surface area contributed by atoms with E-state index in [1.165, 1.54) is 70.6 Å². The fraction of sp³-hybridized carbons (Fsp3) is 0.809. The molecule has 0 aliphatic carbocycles. The van der Waals surface area contributed by atoms with Crippen molar-refractivity contribution >= 4 is 16.4 Å². The molecule has 1 rings (SSSR count). The second kappa shape index (κ2) is 38.7. The normalized spacial score (nSPS) is 20.7. The molecule has 0 amide bonds. The molecule has 0 radical (unpaired) electrons. The van der Waals surface area contributed by atoms with Crippen molar-refractivity contribution in [2.45, 2.75) is 218 Å². The van der Waals surface area contributed by atoms with E-state index in [9.17, 15) is 28.5 Å². The predicted molar refractivity (Wildman–Crippen MR) is 239 cm³/mol. The highest BCUT2D eigenvalue weighted by molar-refractivity contribution is 7.80. The zero-order valence-electron chi connectivity index (χ0n) is 37.3. The summed E-state index contributed by atoms with van der Waals surface area (Å²) in [6.07, 6.45) is 37.1. The second-order valence-electron chi connectivity index (χ2n) is 16.0. The minimum absolute atomic E-state index is 0.0220. The first-order chi connectivity index (χ1) is 29.1. The number of aliphatic hydroxyl groups is 3. The third-order valence-electron chi connectivity index (χ3n) is 10.4. The molecule has 0 saturated carbocycles. The van der Waals surface area contributed by atoms with Crippen molar-refractivity contribution in [1.82, 2.24) is 0 Å². The van der Waals surface area contributed by atoms with Gasteiger partial charge in [0.1, 0.15) is 30.5 Å². The number of esters is 1. The summed E-state index contributed by atoms with van der Waals surface area (Å²) in [6.45, 7) is 3.91. The van der Waals surface area contributed by atoms with Crippen LogP contribution < -0.4 is 0 Å². The average Bonchev–Trinajstić information content (AvgIpc) is 3.22. The zero-order chi connectivity index (χ0) is 43.9. The van der Waals surface area contributed by atoms with Gasteiger partial charge in [-0.25, -0.2) is 4.18 Å². The van der Waals surface area contributed by atoms with Gasteiger partial charge in [0.05, 0.1) is 19.8 Å². The molecule has 1 aliphatic heterocycles. The molecule has 0 bridgehead atoms. The fourth-order valence-corrected chi connectivity index (χ4v) is 7.36. The number of carbonyl (C=O) groups is 1. The van der Waals surface area contributed by atoms with E-state index < -0.39 is 59.8 Å². The van der Waals surface area contributed by atoms with E-state index in [4.69, 9.17) is 23.5 Å². The van der Waals surface area contributed by atoms with Crippen LogP contribution in [0.25, 0.3) is 0 Å². The van der Waals surface area contributed by atoms with Crippen LogP contribution in [-0.2, 0) is 38.3 Å². The summed E-state index contributed by atoms with van der Waals surface area (Å²) >= 11 is 0. The lowest BCUT2D eigenvalue weighted by atomic mass is 9.99. The molecule has 0 aromatic heterocycles. The van der Waals surface area contributed by atoms with E-state index in [-0.39, 0.29) is 19.6 Å². The van der Waals surface area contributed by atoms with E-state index in [0.717, 1.165) is 83.5 Å². The van der Waals surface area contributed by atoms with Crippen LogP contribution in [0, 0.1) is 0 Å². The molecule has 6 atom stereocenters. The minimum atomic E-state index is -5.07. The number of carbonyl (C=O) groups excluding carboxylic acids is 1.